The molecule has 26 heavy (non-hydrogen) atoms. The van der Waals surface area contributed by atoms with Gasteiger partial charge in [-0.05, 0) is 47.1 Å². The molecule has 1 aromatic carbocycles. The minimum atomic E-state index is -0.293. The van der Waals surface area contributed by atoms with Gasteiger partial charge in [-0.25, -0.2) is 9.78 Å². The van der Waals surface area contributed by atoms with Gasteiger partial charge in [0.25, 0.3) is 5.91 Å². The molecule has 3 rings (SSSR count). The fraction of sp³-hybridized carbons (Fsp3) is 0.118. The van der Waals surface area contributed by atoms with Crippen LogP contribution in [-0.4, -0.2) is 23.5 Å². The summed E-state index contributed by atoms with van der Waals surface area (Å²) in [6.45, 7) is 2.38. The number of rotatable bonds is 5. The van der Waals surface area contributed by atoms with E-state index in [1.165, 1.54) is 11.3 Å². The Morgan fingerprint density at radius 1 is 1.12 bits per heavy atom. The molecule has 0 bridgehead atoms. The molecule has 3 N–H and O–H groups in total. The van der Waals surface area contributed by atoms with Gasteiger partial charge in [0, 0.05) is 33.2 Å². The van der Waals surface area contributed by atoms with Crippen molar-refractivity contribution in [1.29, 1.82) is 0 Å². The van der Waals surface area contributed by atoms with Gasteiger partial charge in [-0.1, -0.05) is 6.07 Å². The van der Waals surface area contributed by atoms with E-state index in [0.717, 1.165) is 14.4 Å². The number of nitrogens with one attached hydrogen (secondary N) is 3. The zero-order valence-electron chi connectivity index (χ0n) is 13.7. The molecule has 0 atom stereocenters. The van der Waals surface area contributed by atoms with E-state index in [1.54, 1.807) is 41.0 Å². The maximum Gasteiger partial charge on any atom is 0.319 e. The molecule has 0 saturated heterocycles. The molecule has 0 fully saturated rings. The molecule has 134 valence electrons. The monoisotopic (exact) mass is 450 g/mol. The largest absolute Gasteiger partial charge is 0.338 e. The van der Waals surface area contributed by atoms with Crippen LogP contribution in [0, 0.1) is 0 Å². The summed E-state index contributed by atoms with van der Waals surface area (Å²) in [6, 6.07) is 8.64. The summed E-state index contributed by atoms with van der Waals surface area (Å²) < 4.78 is 0.995. The Bertz CT molecular complexity index is 938. The highest BCUT2D eigenvalue weighted by Crippen LogP contribution is 2.32. The number of hydrogen-bond acceptors (Lipinski definition) is 5. The topological polar surface area (TPSA) is 83.1 Å². The summed E-state index contributed by atoms with van der Waals surface area (Å²) in [5, 5.41) is 12.7. The van der Waals surface area contributed by atoms with Gasteiger partial charge in [0.15, 0.2) is 0 Å². The zero-order chi connectivity index (χ0) is 18.5. The van der Waals surface area contributed by atoms with Crippen LogP contribution in [0.3, 0.4) is 0 Å². The molecule has 3 amide bonds. The van der Waals surface area contributed by atoms with E-state index >= 15 is 0 Å². The number of carbonyl (C=O) groups excluding carboxylic acids is 2. The molecule has 2 heterocycles. The molecule has 0 aliphatic carbocycles. The normalized spacial score (nSPS) is 10.4. The predicted molar refractivity (Wildman–Crippen MR) is 110 cm³/mol. The van der Waals surface area contributed by atoms with Crippen molar-refractivity contribution in [2.45, 2.75) is 6.92 Å². The van der Waals surface area contributed by atoms with Gasteiger partial charge in [0.1, 0.15) is 10.7 Å². The fourth-order valence-corrected chi connectivity index (χ4v) is 4.43. The van der Waals surface area contributed by atoms with Gasteiger partial charge < -0.3 is 16.0 Å². The highest BCUT2D eigenvalue weighted by Gasteiger charge is 2.13. The number of aromatic nitrogens is 1. The van der Waals surface area contributed by atoms with E-state index in [1.807, 2.05) is 18.4 Å². The van der Waals surface area contributed by atoms with E-state index < -0.39 is 0 Å². The molecule has 0 radical (unpaired) electrons. The highest BCUT2D eigenvalue weighted by molar-refractivity contribution is 9.10. The van der Waals surface area contributed by atoms with E-state index in [0.29, 0.717) is 23.6 Å². The summed E-state index contributed by atoms with van der Waals surface area (Å²) in [7, 11) is 0. The minimum Gasteiger partial charge on any atom is -0.338 e. The van der Waals surface area contributed by atoms with Crippen molar-refractivity contribution in [2.75, 3.05) is 17.2 Å². The standard InChI is InChI=1S/C17H15BrN4O2S2/c1-2-19-17(24)21-12-5-3-4-11(7-12)20-15(23)13-9-26-16(22-13)14-6-10(18)8-25-14/h3-9H,2H2,1H3,(H,20,23)(H2,19,21,24). The van der Waals surface area contributed by atoms with Crippen molar-refractivity contribution in [3.05, 3.63) is 51.3 Å². The van der Waals surface area contributed by atoms with Crippen LogP contribution in [0.4, 0.5) is 16.2 Å². The first-order valence-corrected chi connectivity index (χ1v) is 10.3. The number of hydrogen-bond donors (Lipinski definition) is 3. The molecule has 0 saturated carbocycles. The summed E-state index contributed by atoms with van der Waals surface area (Å²) >= 11 is 6.41. The smallest absolute Gasteiger partial charge is 0.319 e. The Balaban J connectivity index is 1.68. The van der Waals surface area contributed by atoms with Gasteiger partial charge in [-0.3, -0.25) is 4.79 Å². The highest BCUT2D eigenvalue weighted by atomic mass is 79.9. The van der Waals surface area contributed by atoms with E-state index in [-0.39, 0.29) is 11.9 Å². The Morgan fingerprint density at radius 3 is 2.58 bits per heavy atom. The first kappa shape index (κ1) is 18.6. The third kappa shape index (κ3) is 4.69. The number of anilines is 2. The lowest BCUT2D eigenvalue weighted by Gasteiger charge is -2.08. The summed E-state index contributed by atoms with van der Waals surface area (Å²) in [6.07, 6.45) is 0. The number of nitrogens with zero attached hydrogens (tertiary/aromatic N) is 1. The van der Waals surface area contributed by atoms with E-state index in [9.17, 15) is 9.59 Å². The maximum atomic E-state index is 12.4. The third-order valence-corrected chi connectivity index (χ3v) is 5.93. The molecule has 2 aromatic heterocycles. The zero-order valence-corrected chi connectivity index (χ0v) is 16.9. The van der Waals surface area contributed by atoms with E-state index in [2.05, 4.69) is 36.9 Å². The Kier molecular flexibility index (Phi) is 6.02. The average molecular weight is 451 g/mol. The second-order valence-electron chi connectivity index (χ2n) is 5.19. The van der Waals surface area contributed by atoms with Crippen LogP contribution in [0.2, 0.25) is 0 Å². The first-order valence-electron chi connectivity index (χ1n) is 7.71. The Labute approximate surface area is 166 Å². The fourth-order valence-electron chi connectivity index (χ4n) is 2.12. The number of thiophene rings is 1. The minimum absolute atomic E-state index is 0.290. The molecule has 0 aliphatic rings. The van der Waals surface area contributed by atoms with Crippen LogP contribution in [0.1, 0.15) is 17.4 Å². The van der Waals surface area contributed by atoms with Gasteiger partial charge in [-0.15, -0.1) is 22.7 Å². The van der Waals surface area contributed by atoms with E-state index in [4.69, 9.17) is 0 Å². The van der Waals surface area contributed by atoms with Crippen molar-refractivity contribution in [2.24, 2.45) is 0 Å². The number of amides is 3. The van der Waals surface area contributed by atoms with Crippen LogP contribution < -0.4 is 16.0 Å². The van der Waals surface area contributed by atoms with Gasteiger partial charge in [0.05, 0.1) is 4.88 Å². The van der Waals surface area contributed by atoms with Crippen molar-refractivity contribution in [1.82, 2.24) is 10.3 Å². The van der Waals surface area contributed by atoms with Crippen LogP contribution in [0.25, 0.3) is 9.88 Å². The third-order valence-electron chi connectivity index (χ3n) is 3.23. The van der Waals surface area contributed by atoms with Gasteiger partial charge >= 0.3 is 6.03 Å². The summed E-state index contributed by atoms with van der Waals surface area (Å²) in [5.41, 5.74) is 1.53. The summed E-state index contributed by atoms with van der Waals surface area (Å²) in [4.78, 5) is 29.4. The van der Waals surface area contributed by atoms with Crippen LogP contribution >= 0.6 is 38.6 Å². The quantitative estimate of drug-likeness (QED) is 0.509. The number of halogens is 1. The predicted octanol–water partition coefficient (Wildman–Crippen LogP) is 5.03. The molecular weight excluding hydrogens is 436 g/mol. The van der Waals surface area contributed by atoms with Crippen molar-refractivity contribution in [3.63, 3.8) is 0 Å². The molecule has 0 unspecified atom stereocenters. The van der Waals surface area contributed by atoms with Crippen molar-refractivity contribution >= 4 is 61.9 Å². The van der Waals surface area contributed by atoms with Crippen LogP contribution in [0.5, 0.6) is 0 Å². The SMILES string of the molecule is CCNC(=O)Nc1cccc(NC(=O)c2csc(-c3cc(Br)cs3)n2)c1. The molecule has 9 heteroatoms. The van der Waals surface area contributed by atoms with Crippen LogP contribution in [-0.2, 0) is 0 Å². The van der Waals surface area contributed by atoms with Gasteiger partial charge in [0.2, 0.25) is 0 Å². The lowest BCUT2D eigenvalue weighted by molar-refractivity contribution is 0.102. The average Bonchev–Trinajstić information content (AvgIpc) is 3.24. The maximum absolute atomic E-state index is 12.4. The molecule has 6 nitrogen and oxygen atoms in total. The second-order valence-corrected chi connectivity index (χ2v) is 7.87. The first-order chi connectivity index (χ1) is 12.5. The number of benzene rings is 1. The Hall–Kier alpha value is -2.23. The lowest BCUT2D eigenvalue weighted by Crippen LogP contribution is -2.28. The molecular formula is C17H15BrN4O2S2. The van der Waals surface area contributed by atoms with Crippen LogP contribution in [0.15, 0.2) is 45.6 Å². The lowest BCUT2D eigenvalue weighted by atomic mass is 10.2. The second kappa shape index (κ2) is 8.43. The molecule has 0 aliphatic heterocycles. The molecule has 0 spiro atoms. The number of carbonyl (C=O) groups is 2. The summed E-state index contributed by atoms with van der Waals surface area (Å²) in [5.74, 6) is -0.293. The number of thiazole rings is 1. The van der Waals surface area contributed by atoms with Crippen molar-refractivity contribution < 1.29 is 9.59 Å². The number of urea groups is 1. The Morgan fingerprint density at radius 2 is 1.88 bits per heavy atom. The van der Waals surface area contributed by atoms with Gasteiger partial charge in [-0.2, -0.15) is 0 Å². The van der Waals surface area contributed by atoms with Crippen molar-refractivity contribution in [3.8, 4) is 9.88 Å². The molecule has 3 aromatic rings.